The minimum absolute atomic E-state index is 0.166. The lowest BCUT2D eigenvalue weighted by molar-refractivity contribution is 0.271. The second-order valence-electron chi connectivity index (χ2n) is 4.15. The van der Waals surface area contributed by atoms with E-state index >= 15 is 0 Å². The Labute approximate surface area is 106 Å². The van der Waals surface area contributed by atoms with Crippen LogP contribution in [-0.2, 0) is 6.61 Å². The molecule has 2 aromatic rings. The van der Waals surface area contributed by atoms with Crippen molar-refractivity contribution in [3.8, 4) is 17.0 Å². The van der Waals surface area contributed by atoms with E-state index < -0.39 is 0 Å². The molecule has 0 saturated carbocycles. The molecule has 1 heterocycles. The molecule has 0 fully saturated rings. The predicted molar refractivity (Wildman–Crippen MR) is 69.4 cm³/mol. The summed E-state index contributed by atoms with van der Waals surface area (Å²) >= 11 is 0. The van der Waals surface area contributed by atoms with Crippen molar-refractivity contribution in [1.29, 1.82) is 0 Å². The van der Waals surface area contributed by atoms with Crippen molar-refractivity contribution >= 4 is 0 Å². The van der Waals surface area contributed by atoms with E-state index in [1.807, 2.05) is 32.0 Å². The molecule has 4 nitrogen and oxygen atoms in total. The Morgan fingerprint density at radius 1 is 1.22 bits per heavy atom. The van der Waals surface area contributed by atoms with Crippen LogP contribution in [0.25, 0.3) is 11.3 Å². The summed E-state index contributed by atoms with van der Waals surface area (Å²) in [5.74, 6) is 1.19. The van der Waals surface area contributed by atoms with Crippen molar-refractivity contribution in [1.82, 2.24) is 9.97 Å². The third-order valence-electron chi connectivity index (χ3n) is 2.94. The molecule has 2 rings (SSSR count). The third-order valence-corrected chi connectivity index (χ3v) is 2.94. The van der Waals surface area contributed by atoms with Gasteiger partial charge in [0.25, 0.3) is 0 Å². The molecule has 0 unspecified atom stereocenters. The van der Waals surface area contributed by atoms with Crippen LogP contribution >= 0.6 is 0 Å². The average Bonchev–Trinajstić information content (AvgIpc) is 2.41. The first-order chi connectivity index (χ1) is 8.65. The van der Waals surface area contributed by atoms with Crippen LogP contribution in [-0.4, -0.2) is 22.2 Å². The number of ether oxygens (including phenoxy) is 1. The molecule has 0 aliphatic rings. The molecular weight excluding hydrogens is 228 g/mol. The number of methoxy groups -OCH3 is 1. The average molecular weight is 244 g/mol. The Hall–Kier alpha value is -1.94. The first-order valence-corrected chi connectivity index (χ1v) is 5.74. The standard InChI is InChI=1S/C14H16N2O2/c1-9-6-11(13(18-3)7-10(9)2)12-4-5-15-14(8-17)16-12/h4-7,17H,8H2,1-3H3. The summed E-state index contributed by atoms with van der Waals surface area (Å²) in [6, 6.07) is 5.84. The van der Waals surface area contributed by atoms with Gasteiger partial charge in [0.05, 0.1) is 12.8 Å². The molecule has 0 saturated heterocycles. The Kier molecular flexibility index (Phi) is 3.58. The summed E-state index contributed by atoms with van der Waals surface area (Å²) in [4.78, 5) is 8.28. The number of aliphatic hydroxyl groups excluding tert-OH is 1. The van der Waals surface area contributed by atoms with Gasteiger partial charge in [-0.2, -0.15) is 0 Å². The lowest BCUT2D eigenvalue weighted by Crippen LogP contribution is -1.98. The number of hydrogen-bond acceptors (Lipinski definition) is 4. The lowest BCUT2D eigenvalue weighted by atomic mass is 10.0. The van der Waals surface area contributed by atoms with Crippen LogP contribution < -0.4 is 4.74 Å². The number of benzene rings is 1. The Morgan fingerprint density at radius 2 is 1.94 bits per heavy atom. The molecule has 18 heavy (non-hydrogen) atoms. The van der Waals surface area contributed by atoms with Crippen molar-refractivity contribution in [2.45, 2.75) is 20.5 Å². The van der Waals surface area contributed by atoms with Crippen LogP contribution in [0.1, 0.15) is 17.0 Å². The van der Waals surface area contributed by atoms with Gasteiger partial charge in [0.1, 0.15) is 12.4 Å². The first-order valence-electron chi connectivity index (χ1n) is 5.74. The number of rotatable bonds is 3. The lowest BCUT2D eigenvalue weighted by Gasteiger charge is -2.11. The molecule has 0 amide bonds. The fourth-order valence-corrected chi connectivity index (χ4v) is 1.78. The third kappa shape index (κ3) is 2.33. The highest BCUT2D eigenvalue weighted by Gasteiger charge is 2.10. The Bertz CT molecular complexity index is 568. The highest BCUT2D eigenvalue weighted by Crippen LogP contribution is 2.31. The summed E-state index contributed by atoms with van der Waals surface area (Å²) in [6.07, 6.45) is 1.64. The zero-order valence-corrected chi connectivity index (χ0v) is 10.8. The maximum atomic E-state index is 9.08. The van der Waals surface area contributed by atoms with Crippen LogP contribution in [0.15, 0.2) is 24.4 Å². The molecule has 0 aliphatic carbocycles. The van der Waals surface area contributed by atoms with Gasteiger partial charge < -0.3 is 9.84 Å². The van der Waals surface area contributed by atoms with Gasteiger partial charge in [-0.3, -0.25) is 0 Å². The molecular formula is C14H16N2O2. The number of aromatic nitrogens is 2. The summed E-state index contributed by atoms with van der Waals surface area (Å²) in [7, 11) is 1.64. The van der Waals surface area contributed by atoms with Crippen LogP contribution in [0, 0.1) is 13.8 Å². The van der Waals surface area contributed by atoms with Crippen LogP contribution in [0.3, 0.4) is 0 Å². The van der Waals surface area contributed by atoms with Crippen LogP contribution in [0.4, 0.5) is 0 Å². The topological polar surface area (TPSA) is 55.2 Å². The Balaban J connectivity index is 2.58. The summed E-state index contributed by atoms with van der Waals surface area (Å²) in [6.45, 7) is 3.92. The van der Waals surface area contributed by atoms with Gasteiger partial charge in [-0.15, -0.1) is 0 Å². The van der Waals surface area contributed by atoms with E-state index in [2.05, 4.69) is 9.97 Å². The van der Waals surface area contributed by atoms with Gasteiger partial charge in [0.2, 0.25) is 0 Å². The highest BCUT2D eigenvalue weighted by atomic mass is 16.5. The number of aryl methyl sites for hydroxylation is 2. The molecule has 1 aromatic heterocycles. The quantitative estimate of drug-likeness (QED) is 0.899. The van der Waals surface area contributed by atoms with Gasteiger partial charge >= 0.3 is 0 Å². The van der Waals surface area contributed by atoms with Gasteiger partial charge in [-0.05, 0) is 43.2 Å². The normalized spacial score (nSPS) is 10.4. The van der Waals surface area contributed by atoms with Gasteiger partial charge in [0.15, 0.2) is 5.82 Å². The molecule has 4 heteroatoms. The monoisotopic (exact) mass is 244 g/mol. The zero-order valence-electron chi connectivity index (χ0n) is 10.8. The van der Waals surface area contributed by atoms with Crippen molar-refractivity contribution in [3.63, 3.8) is 0 Å². The SMILES string of the molecule is COc1cc(C)c(C)cc1-c1ccnc(CO)n1. The second kappa shape index (κ2) is 5.14. The van der Waals surface area contributed by atoms with E-state index in [0.717, 1.165) is 17.0 Å². The Morgan fingerprint density at radius 3 is 2.61 bits per heavy atom. The van der Waals surface area contributed by atoms with Crippen molar-refractivity contribution in [2.24, 2.45) is 0 Å². The zero-order chi connectivity index (χ0) is 13.1. The fourth-order valence-electron chi connectivity index (χ4n) is 1.78. The van der Waals surface area contributed by atoms with E-state index in [4.69, 9.17) is 9.84 Å². The number of nitrogens with zero attached hydrogens (tertiary/aromatic N) is 2. The maximum absolute atomic E-state index is 9.08. The van der Waals surface area contributed by atoms with Crippen LogP contribution in [0.2, 0.25) is 0 Å². The molecule has 1 N–H and O–H groups in total. The molecule has 0 radical (unpaired) electrons. The first kappa shape index (κ1) is 12.5. The molecule has 0 bridgehead atoms. The number of aliphatic hydroxyl groups is 1. The fraction of sp³-hybridized carbons (Fsp3) is 0.286. The predicted octanol–water partition coefficient (Wildman–Crippen LogP) is 2.26. The minimum atomic E-state index is -0.166. The maximum Gasteiger partial charge on any atom is 0.154 e. The van der Waals surface area contributed by atoms with E-state index in [-0.39, 0.29) is 6.61 Å². The molecule has 94 valence electrons. The van der Waals surface area contributed by atoms with E-state index in [1.165, 1.54) is 11.1 Å². The van der Waals surface area contributed by atoms with Crippen LogP contribution in [0.5, 0.6) is 5.75 Å². The van der Waals surface area contributed by atoms with Gasteiger partial charge in [-0.1, -0.05) is 0 Å². The summed E-state index contributed by atoms with van der Waals surface area (Å²) in [5, 5.41) is 9.08. The van der Waals surface area contributed by atoms with E-state index in [0.29, 0.717) is 5.82 Å². The molecule has 0 atom stereocenters. The van der Waals surface area contributed by atoms with Gasteiger partial charge in [-0.25, -0.2) is 9.97 Å². The van der Waals surface area contributed by atoms with Crippen molar-refractivity contribution < 1.29 is 9.84 Å². The highest BCUT2D eigenvalue weighted by molar-refractivity contribution is 5.68. The minimum Gasteiger partial charge on any atom is -0.496 e. The summed E-state index contributed by atoms with van der Waals surface area (Å²) in [5.41, 5.74) is 4.02. The molecule has 0 spiro atoms. The van der Waals surface area contributed by atoms with E-state index in [1.54, 1.807) is 13.3 Å². The van der Waals surface area contributed by atoms with Crippen molar-refractivity contribution in [2.75, 3.05) is 7.11 Å². The number of hydrogen-bond donors (Lipinski definition) is 1. The van der Waals surface area contributed by atoms with Crippen molar-refractivity contribution in [3.05, 3.63) is 41.3 Å². The largest absolute Gasteiger partial charge is 0.496 e. The summed E-state index contributed by atoms with van der Waals surface area (Å²) < 4.78 is 5.39. The second-order valence-corrected chi connectivity index (χ2v) is 4.15. The van der Waals surface area contributed by atoms with E-state index in [9.17, 15) is 0 Å². The molecule has 0 aliphatic heterocycles. The molecule has 1 aromatic carbocycles. The van der Waals surface area contributed by atoms with Gasteiger partial charge in [0, 0.05) is 11.8 Å². The smallest absolute Gasteiger partial charge is 0.154 e.